The Bertz CT molecular complexity index is 543. The first-order valence-corrected chi connectivity index (χ1v) is 5.20. The number of hydrogen-bond acceptors (Lipinski definition) is 2. The zero-order valence-corrected chi connectivity index (χ0v) is 9.56. The maximum Gasteiger partial charge on any atom is 0.132 e. The molecule has 0 radical (unpaired) electrons. The maximum atomic E-state index is 5.14. The molecule has 0 bridgehead atoms. The Morgan fingerprint density at radius 2 is 2.07 bits per heavy atom. The summed E-state index contributed by atoms with van der Waals surface area (Å²) in [6, 6.07) is 8.32. The Morgan fingerprint density at radius 1 is 1.27 bits per heavy atom. The first-order valence-electron chi connectivity index (χ1n) is 4.80. The van der Waals surface area contributed by atoms with Gasteiger partial charge in [0.25, 0.3) is 0 Å². The maximum absolute atomic E-state index is 5.14. The molecule has 0 fully saturated rings. The minimum absolute atomic E-state index is 0.658. The molecule has 1 aromatic carbocycles. The molecule has 76 valence electrons. The summed E-state index contributed by atoms with van der Waals surface area (Å²) in [6.07, 6.45) is 1.65. The molecule has 0 amide bonds. The van der Waals surface area contributed by atoms with Crippen molar-refractivity contribution in [1.29, 1.82) is 0 Å². The van der Waals surface area contributed by atoms with E-state index in [1.807, 2.05) is 13.0 Å². The summed E-state index contributed by atoms with van der Waals surface area (Å²) in [4.78, 5) is 7.19. The van der Waals surface area contributed by atoms with Gasteiger partial charge in [0, 0.05) is 5.56 Å². The molecule has 15 heavy (non-hydrogen) atoms. The van der Waals surface area contributed by atoms with Gasteiger partial charge < -0.3 is 4.98 Å². The van der Waals surface area contributed by atoms with E-state index in [9.17, 15) is 0 Å². The number of nitrogens with one attached hydrogen (secondary N) is 1. The summed E-state index contributed by atoms with van der Waals surface area (Å²) < 4.78 is 0.658. The molecule has 1 aromatic heterocycles. The van der Waals surface area contributed by atoms with Crippen LogP contribution in [0.25, 0.3) is 11.3 Å². The normalized spacial score (nSPS) is 10.3. The van der Waals surface area contributed by atoms with E-state index in [0.717, 1.165) is 16.8 Å². The van der Waals surface area contributed by atoms with E-state index in [1.165, 1.54) is 5.56 Å². The van der Waals surface area contributed by atoms with Crippen molar-refractivity contribution >= 4 is 12.2 Å². The van der Waals surface area contributed by atoms with E-state index < -0.39 is 0 Å². The van der Waals surface area contributed by atoms with Crippen LogP contribution in [0.5, 0.6) is 0 Å². The number of H-pyrrole nitrogens is 1. The highest BCUT2D eigenvalue weighted by Gasteiger charge is 2.03. The van der Waals surface area contributed by atoms with Gasteiger partial charge in [-0.2, -0.15) is 0 Å². The molecule has 1 heterocycles. The zero-order valence-electron chi connectivity index (χ0n) is 8.74. The smallest absolute Gasteiger partial charge is 0.132 e. The molecule has 0 aliphatic heterocycles. The van der Waals surface area contributed by atoms with Gasteiger partial charge >= 0.3 is 0 Å². The van der Waals surface area contributed by atoms with Gasteiger partial charge in [0.1, 0.15) is 4.64 Å². The fraction of sp³-hybridized carbons (Fsp3) is 0.167. The lowest BCUT2D eigenvalue weighted by atomic mass is 10.1. The number of nitrogens with zero attached hydrogens (tertiary/aromatic N) is 1. The molecule has 0 unspecified atom stereocenters. The van der Waals surface area contributed by atoms with Crippen LogP contribution < -0.4 is 0 Å². The Kier molecular flexibility index (Phi) is 2.64. The van der Waals surface area contributed by atoms with Crippen molar-refractivity contribution in [2.45, 2.75) is 13.8 Å². The molecule has 0 aliphatic carbocycles. The second kappa shape index (κ2) is 3.95. The molecular formula is C12H12N2S. The summed E-state index contributed by atoms with van der Waals surface area (Å²) >= 11 is 5.14. The van der Waals surface area contributed by atoms with E-state index >= 15 is 0 Å². The van der Waals surface area contributed by atoms with Crippen molar-refractivity contribution < 1.29 is 0 Å². The van der Waals surface area contributed by atoms with Gasteiger partial charge in [-0.15, -0.1) is 0 Å². The predicted molar refractivity (Wildman–Crippen MR) is 64.3 cm³/mol. The molecule has 1 N–H and O–H groups in total. The van der Waals surface area contributed by atoms with Crippen LogP contribution in [0, 0.1) is 18.5 Å². The molecule has 0 atom stereocenters. The van der Waals surface area contributed by atoms with Crippen LogP contribution in [0.1, 0.15) is 11.1 Å². The van der Waals surface area contributed by atoms with Gasteiger partial charge in [-0.25, -0.2) is 4.98 Å². The van der Waals surface area contributed by atoms with Crippen LogP contribution in [0.3, 0.4) is 0 Å². The van der Waals surface area contributed by atoms with Gasteiger partial charge in [0.2, 0.25) is 0 Å². The van der Waals surface area contributed by atoms with Crippen LogP contribution in [0.15, 0.2) is 30.6 Å². The van der Waals surface area contributed by atoms with Gasteiger partial charge in [-0.05, 0) is 25.5 Å². The minimum Gasteiger partial charge on any atom is -0.346 e. The Labute approximate surface area is 94.0 Å². The number of rotatable bonds is 1. The van der Waals surface area contributed by atoms with Crippen molar-refractivity contribution in [3.05, 3.63) is 46.4 Å². The van der Waals surface area contributed by atoms with Gasteiger partial charge in [-0.1, -0.05) is 36.0 Å². The summed E-state index contributed by atoms with van der Waals surface area (Å²) in [5.41, 5.74) is 4.47. The third-order valence-corrected chi connectivity index (χ3v) is 2.80. The highest BCUT2D eigenvalue weighted by Crippen LogP contribution is 2.21. The SMILES string of the molecule is Cc1cccc(-c2[nH]cnc(=S)c2C)c1. The molecule has 0 spiro atoms. The van der Waals surface area contributed by atoms with Crippen LogP contribution in [-0.2, 0) is 0 Å². The van der Waals surface area contributed by atoms with E-state index in [4.69, 9.17) is 12.2 Å². The standard InChI is InChI=1S/C12H12N2S/c1-8-4-3-5-10(6-8)11-9(2)12(15)14-7-13-11/h3-7H,1-2H3,(H,13,14,15). The number of hydrogen-bond donors (Lipinski definition) is 1. The monoisotopic (exact) mass is 216 g/mol. The van der Waals surface area contributed by atoms with E-state index in [0.29, 0.717) is 4.64 Å². The predicted octanol–water partition coefficient (Wildman–Crippen LogP) is 3.42. The van der Waals surface area contributed by atoms with Crippen molar-refractivity contribution in [2.75, 3.05) is 0 Å². The van der Waals surface area contributed by atoms with Crippen molar-refractivity contribution in [2.24, 2.45) is 0 Å². The number of aromatic nitrogens is 2. The van der Waals surface area contributed by atoms with Crippen molar-refractivity contribution in [3.8, 4) is 11.3 Å². The second-order valence-electron chi connectivity index (χ2n) is 3.58. The van der Waals surface area contributed by atoms with Crippen molar-refractivity contribution in [1.82, 2.24) is 9.97 Å². The molecule has 3 heteroatoms. The van der Waals surface area contributed by atoms with Crippen LogP contribution >= 0.6 is 12.2 Å². The molecule has 0 saturated heterocycles. The molecule has 2 nitrogen and oxygen atoms in total. The quantitative estimate of drug-likeness (QED) is 0.740. The lowest BCUT2D eigenvalue weighted by Crippen LogP contribution is -1.91. The van der Waals surface area contributed by atoms with Crippen LogP contribution in [-0.4, -0.2) is 9.97 Å². The lowest BCUT2D eigenvalue weighted by Gasteiger charge is -2.06. The van der Waals surface area contributed by atoms with Crippen LogP contribution in [0.4, 0.5) is 0 Å². The summed E-state index contributed by atoms with van der Waals surface area (Å²) in [7, 11) is 0. The Hall–Kier alpha value is -1.48. The Balaban J connectivity index is 2.64. The van der Waals surface area contributed by atoms with E-state index in [1.54, 1.807) is 6.33 Å². The summed E-state index contributed by atoms with van der Waals surface area (Å²) in [6.45, 7) is 4.07. The van der Waals surface area contributed by atoms with Crippen molar-refractivity contribution in [3.63, 3.8) is 0 Å². The average Bonchev–Trinajstić information content (AvgIpc) is 2.22. The first kappa shape index (κ1) is 10.1. The zero-order chi connectivity index (χ0) is 10.8. The Morgan fingerprint density at radius 3 is 2.80 bits per heavy atom. The highest BCUT2D eigenvalue weighted by molar-refractivity contribution is 7.71. The number of benzene rings is 1. The summed E-state index contributed by atoms with van der Waals surface area (Å²) in [5, 5.41) is 0. The van der Waals surface area contributed by atoms with E-state index in [2.05, 4.69) is 35.1 Å². The van der Waals surface area contributed by atoms with E-state index in [-0.39, 0.29) is 0 Å². The summed E-state index contributed by atoms with van der Waals surface area (Å²) in [5.74, 6) is 0. The average molecular weight is 216 g/mol. The highest BCUT2D eigenvalue weighted by atomic mass is 32.1. The third-order valence-electron chi connectivity index (χ3n) is 2.39. The number of aryl methyl sites for hydroxylation is 1. The topological polar surface area (TPSA) is 28.7 Å². The first-order chi connectivity index (χ1) is 7.18. The van der Waals surface area contributed by atoms with Crippen LogP contribution in [0.2, 0.25) is 0 Å². The molecule has 0 aliphatic rings. The second-order valence-corrected chi connectivity index (χ2v) is 3.96. The lowest BCUT2D eigenvalue weighted by molar-refractivity contribution is 1.12. The molecule has 2 rings (SSSR count). The van der Waals surface area contributed by atoms with Gasteiger partial charge in [-0.3, -0.25) is 0 Å². The van der Waals surface area contributed by atoms with Gasteiger partial charge in [0.05, 0.1) is 12.0 Å². The molecule has 0 saturated carbocycles. The third kappa shape index (κ3) is 1.97. The molecule has 2 aromatic rings. The molecular weight excluding hydrogens is 204 g/mol. The fourth-order valence-corrected chi connectivity index (χ4v) is 1.72. The largest absolute Gasteiger partial charge is 0.346 e. The fourth-order valence-electron chi connectivity index (χ4n) is 1.57. The minimum atomic E-state index is 0.658. The number of aromatic amines is 1. The van der Waals surface area contributed by atoms with Gasteiger partial charge in [0.15, 0.2) is 0 Å².